The summed E-state index contributed by atoms with van der Waals surface area (Å²) in [7, 11) is 0. The largest absolute Gasteiger partial charge is 0.248 e. The summed E-state index contributed by atoms with van der Waals surface area (Å²) in [6, 6.07) is 61.5. The average Bonchev–Trinajstić information content (AvgIpc) is 3.18. The molecule has 0 N–H and O–H groups in total. The molecule has 3 heterocycles. The third kappa shape index (κ3) is 5.18. The first-order valence-corrected chi connectivity index (χ1v) is 16.2. The Labute approximate surface area is 278 Å². The fraction of sp³-hybridized carbons (Fsp3) is 0. The van der Waals surface area contributed by atoms with Crippen molar-refractivity contribution in [2.75, 3.05) is 0 Å². The highest BCUT2D eigenvalue weighted by atomic mass is 14.8. The standard InChI is InChI=1S/C45H29N3/c1-3-10-32(11-4-1)42-28-39(29-43(46-42)33-12-5-2-6-13-33)31-15-18-34(19-16-31)40-25-23-35-20-21-36-24-26-41(48-45(36)44(35)47-40)38-22-17-30-9-7-8-14-37(30)27-38/h1-29H. The second-order valence-electron chi connectivity index (χ2n) is 12.1. The molecule has 0 aliphatic carbocycles. The van der Waals surface area contributed by atoms with E-state index in [4.69, 9.17) is 15.0 Å². The molecule has 0 atom stereocenters. The SMILES string of the molecule is c1ccc(-c2cc(-c3ccc(-c4ccc5ccc6ccc(-c7ccc8ccccc8c7)nc6c5n4)cc3)cc(-c3ccccc3)n2)cc1. The molecule has 0 radical (unpaired) electrons. The molecule has 48 heavy (non-hydrogen) atoms. The highest BCUT2D eigenvalue weighted by Gasteiger charge is 2.12. The van der Waals surface area contributed by atoms with Gasteiger partial charge >= 0.3 is 0 Å². The first kappa shape index (κ1) is 27.8. The van der Waals surface area contributed by atoms with Crippen molar-refractivity contribution in [3.05, 3.63) is 176 Å². The van der Waals surface area contributed by atoms with Gasteiger partial charge in [-0.25, -0.2) is 15.0 Å². The van der Waals surface area contributed by atoms with E-state index in [-0.39, 0.29) is 0 Å². The molecule has 6 aromatic carbocycles. The lowest BCUT2D eigenvalue weighted by Crippen LogP contribution is -1.92. The zero-order chi connectivity index (χ0) is 31.9. The topological polar surface area (TPSA) is 38.7 Å². The second-order valence-corrected chi connectivity index (χ2v) is 12.1. The summed E-state index contributed by atoms with van der Waals surface area (Å²) in [5, 5.41) is 4.58. The molecule has 0 bridgehead atoms. The van der Waals surface area contributed by atoms with Crippen molar-refractivity contribution in [1.29, 1.82) is 0 Å². The second kappa shape index (κ2) is 11.7. The van der Waals surface area contributed by atoms with E-state index in [2.05, 4.69) is 164 Å². The fourth-order valence-corrected chi connectivity index (χ4v) is 6.48. The highest BCUT2D eigenvalue weighted by Crippen LogP contribution is 2.33. The van der Waals surface area contributed by atoms with Crippen molar-refractivity contribution in [3.8, 4) is 56.2 Å². The van der Waals surface area contributed by atoms with Gasteiger partial charge in [0.25, 0.3) is 0 Å². The Morgan fingerprint density at radius 3 is 1.27 bits per heavy atom. The maximum atomic E-state index is 5.20. The molecule has 0 aliphatic heterocycles. The van der Waals surface area contributed by atoms with Gasteiger partial charge < -0.3 is 0 Å². The summed E-state index contributed by atoms with van der Waals surface area (Å²) < 4.78 is 0. The number of benzene rings is 6. The molecular formula is C45H29N3. The average molecular weight is 612 g/mol. The summed E-state index contributed by atoms with van der Waals surface area (Å²) >= 11 is 0. The predicted molar refractivity (Wildman–Crippen MR) is 200 cm³/mol. The number of pyridine rings is 3. The Kier molecular flexibility index (Phi) is 6.80. The molecule has 224 valence electrons. The Bertz CT molecular complexity index is 2540. The van der Waals surface area contributed by atoms with Crippen LogP contribution in [0.15, 0.2) is 176 Å². The lowest BCUT2D eigenvalue weighted by Gasteiger charge is -2.11. The van der Waals surface area contributed by atoms with E-state index in [1.54, 1.807) is 0 Å². The molecule has 0 spiro atoms. The van der Waals surface area contributed by atoms with Crippen LogP contribution >= 0.6 is 0 Å². The zero-order valence-corrected chi connectivity index (χ0v) is 26.1. The van der Waals surface area contributed by atoms with Crippen LogP contribution in [0.25, 0.3) is 88.7 Å². The van der Waals surface area contributed by atoms with Crippen LogP contribution in [0, 0.1) is 0 Å². The van der Waals surface area contributed by atoms with Crippen LogP contribution in [-0.2, 0) is 0 Å². The Morgan fingerprint density at radius 1 is 0.229 bits per heavy atom. The lowest BCUT2D eigenvalue weighted by molar-refractivity contribution is 1.32. The van der Waals surface area contributed by atoms with Crippen molar-refractivity contribution in [3.63, 3.8) is 0 Å². The van der Waals surface area contributed by atoms with Gasteiger partial charge in [0.15, 0.2) is 0 Å². The van der Waals surface area contributed by atoms with E-state index in [0.29, 0.717) is 0 Å². The maximum absolute atomic E-state index is 5.20. The maximum Gasteiger partial charge on any atom is 0.0972 e. The van der Waals surface area contributed by atoms with Gasteiger partial charge in [-0.3, -0.25) is 0 Å². The van der Waals surface area contributed by atoms with Gasteiger partial charge in [-0.2, -0.15) is 0 Å². The van der Waals surface area contributed by atoms with Gasteiger partial charge in [-0.15, -0.1) is 0 Å². The van der Waals surface area contributed by atoms with E-state index < -0.39 is 0 Å². The van der Waals surface area contributed by atoms with E-state index in [0.717, 1.165) is 78.0 Å². The summed E-state index contributed by atoms with van der Waals surface area (Å²) in [4.78, 5) is 15.4. The summed E-state index contributed by atoms with van der Waals surface area (Å²) in [5.41, 5.74) is 12.2. The first-order chi connectivity index (χ1) is 23.7. The third-order valence-electron chi connectivity index (χ3n) is 9.04. The summed E-state index contributed by atoms with van der Waals surface area (Å²) in [6.07, 6.45) is 0. The summed E-state index contributed by atoms with van der Waals surface area (Å²) in [5.74, 6) is 0. The van der Waals surface area contributed by atoms with Gasteiger partial charge in [-0.1, -0.05) is 146 Å². The molecule has 0 unspecified atom stereocenters. The Balaban J connectivity index is 1.10. The van der Waals surface area contributed by atoms with Crippen LogP contribution in [0.2, 0.25) is 0 Å². The van der Waals surface area contributed by atoms with Crippen molar-refractivity contribution in [1.82, 2.24) is 15.0 Å². The molecule has 3 nitrogen and oxygen atoms in total. The molecule has 9 rings (SSSR count). The van der Waals surface area contributed by atoms with Gasteiger partial charge in [-0.05, 0) is 52.2 Å². The van der Waals surface area contributed by atoms with Crippen LogP contribution in [0.5, 0.6) is 0 Å². The molecule has 0 saturated carbocycles. The quantitative estimate of drug-likeness (QED) is 0.182. The number of aromatic nitrogens is 3. The molecular weight excluding hydrogens is 583 g/mol. The van der Waals surface area contributed by atoms with Crippen LogP contribution < -0.4 is 0 Å². The van der Waals surface area contributed by atoms with E-state index in [9.17, 15) is 0 Å². The minimum absolute atomic E-state index is 0.908. The molecule has 0 fully saturated rings. The predicted octanol–water partition coefficient (Wildman–Crippen LogP) is 11.7. The minimum atomic E-state index is 0.908. The number of hydrogen-bond donors (Lipinski definition) is 0. The van der Waals surface area contributed by atoms with Crippen molar-refractivity contribution >= 4 is 32.6 Å². The number of hydrogen-bond acceptors (Lipinski definition) is 3. The summed E-state index contributed by atoms with van der Waals surface area (Å²) in [6.45, 7) is 0. The van der Waals surface area contributed by atoms with E-state index in [1.165, 1.54) is 10.8 Å². The molecule has 9 aromatic rings. The normalized spacial score (nSPS) is 11.3. The molecule has 3 aromatic heterocycles. The van der Waals surface area contributed by atoms with Crippen molar-refractivity contribution in [2.45, 2.75) is 0 Å². The first-order valence-electron chi connectivity index (χ1n) is 16.2. The number of nitrogens with zero attached hydrogens (tertiary/aromatic N) is 3. The van der Waals surface area contributed by atoms with E-state index >= 15 is 0 Å². The Morgan fingerprint density at radius 2 is 0.667 bits per heavy atom. The smallest absolute Gasteiger partial charge is 0.0972 e. The van der Waals surface area contributed by atoms with Crippen molar-refractivity contribution < 1.29 is 0 Å². The van der Waals surface area contributed by atoms with Gasteiger partial charge in [0, 0.05) is 33.0 Å². The Hall–Kier alpha value is -6.45. The molecule has 0 aliphatic rings. The van der Waals surface area contributed by atoms with Gasteiger partial charge in [0.1, 0.15) is 0 Å². The van der Waals surface area contributed by atoms with Gasteiger partial charge in [0.2, 0.25) is 0 Å². The monoisotopic (exact) mass is 611 g/mol. The van der Waals surface area contributed by atoms with Crippen LogP contribution in [-0.4, -0.2) is 15.0 Å². The zero-order valence-electron chi connectivity index (χ0n) is 26.1. The molecule has 0 saturated heterocycles. The van der Waals surface area contributed by atoms with Crippen LogP contribution in [0.3, 0.4) is 0 Å². The molecule has 3 heteroatoms. The van der Waals surface area contributed by atoms with Crippen LogP contribution in [0.1, 0.15) is 0 Å². The number of rotatable bonds is 5. The lowest BCUT2D eigenvalue weighted by atomic mass is 9.98. The number of fused-ring (bicyclic) bond motifs is 4. The van der Waals surface area contributed by atoms with Crippen LogP contribution in [0.4, 0.5) is 0 Å². The minimum Gasteiger partial charge on any atom is -0.248 e. The third-order valence-corrected chi connectivity index (χ3v) is 9.04. The van der Waals surface area contributed by atoms with E-state index in [1.807, 2.05) is 12.1 Å². The highest BCUT2D eigenvalue weighted by molar-refractivity contribution is 6.04. The van der Waals surface area contributed by atoms with Gasteiger partial charge in [0.05, 0.1) is 33.8 Å². The van der Waals surface area contributed by atoms with Crippen molar-refractivity contribution in [2.24, 2.45) is 0 Å². The molecule has 0 amide bonds. The fourth-order valence-electron chi connectivity index (χ4n) is 6.48.